The van der Waals surface area contributed by atoms with Crippen molar-refractivity contribution in [2.75, 3.05) is 13.2 Å². The number of benzene rings is 1. The molecule has 0 aromatic heterocycles. The molecule has 0 bridgehead atoms. The van der Waals surface area contributed by atoms with Crippen LogP contribution in [0, 0.1) is 6.92 Å². The molecule has 4 nitrogen and oxygen atoms in total. The zero-order chi connectivity index (χ0) is 16.0. The SMILES string of the molecule is CCOC(=O)CC(=O)COc1ccc(C)cc1C(C)(C)C. The number of ether oxygens (including phenoxy) is 2. The minimum atomic E-state index is -0.508. The highest BCUT2D eigenvalue weighted by molar-refractivity contribution is 5.96. The van der Waals surface area contributed by atoms with Crippen LogP contribution >= 0.6 is 0 Å². The van der Waals surface area contributed by atoms with Crippen LogP contribution in [0.25, 0.3) is 0 Å². The zero-order valence-corrected chi connectivity index (χ0v) is 13.5. The first-order chi connectivity index (χ1) is 9.74. The van der Waals surface area contributed by atoms with Gasteiger partial charge in [0.25, 0.3) is 0 Å². The molecule has 116 valence electrons. The Morgan fingerprint density at radius 2 is 1.86 bits per heavy atom. The van der Waals surface area contributed by atoms with Gasteiger partial charge in [0.1, 0.15) is 18.8 Å². The summed E-state index contributed by atoms with van der Waals surface area (Å²) in [7, 11) is 0. The lowest BCUT2D eigenvalue weighted by Crippen LogP contribution is -2.19. The zero-order valence-electron chi connectivity index (χ0n) is 13.5. The second-order valence-electron chi connectivity index (χ2n) is 6.06. The highest BCUT2D eigenvalue weighted by Crippen LogP contribution is 2.32. The van der Waals surface area contributed by atoms with Crippen LogP contribution in [0.3, 0.4) is 0 Å². The Balaban J connectivity index is 2.72. The van der Waals surface area contributed by atoms with Gasteiger partial charge in [-0.15, -0.1) is 0 Å². The van der Waals surface area contributed by atoms with Crippen LogP contribution in [-0.2, 0) is 19.7 Å². The summed E-state index contributed by atoms with van der Waals surface area (Å²) in [4.78, 5) is 22.9. The Morgan fingerprint density at radius 3 is 2.43 bits per heavy atom. The first kappa shape index (κ1) is 17.2. The van der Waals surface area contributed by atoms with Crippen LogP contribution in [0.5, 0.6) is 5.75 Å². The summed E-state index contributed by atoms with van der Waals surface area (Å²) in [5.41, 5.74) is 2.11. The maximum absolute atomic E-state index is 11.7. The molecule has 0 saturated heterocycles. The van der Waals surface area contributed by atoms with Gasteiger partial charge in [0, 0.05) is 0 Å². The highest BCUT2D eigenvalue weighted by atomic mass is 16.5. The monoisotopic (exact) mass is 292 g/mol. The summed E-state index contributed by atoms with van der Waals surface area (Å²) < 4.78 is 10.3. The first-order valence-electron chi connectivity index (χ1n) is 7.15. The number of carbonyl (C=O) groups is 2. The number of hydrogen-bond donors (Lipinski definition) is 0. The average molecular weight is 292 g/mol. The van der Waals surface area contributed by atoms with Gasteiger partial charge in [-0.2, -0.15) is 0 Å². The minimum absolute atomic E-state index is 0.0778. The second-order valence-corrected chi connectivity index (χ2v) is 6.06. The van der Waals surface area contributed by atoms with Crippen molar-refractivity contribution in [2.45, 2.75) is 46.5 Å². The van der Waals surface area contributed by atoms with E-state index in [0.717, 1.165) is 11.1 Å². The third-order valence-corrected chi connectivity index (χ3v) is 2.98. The van der Waals surface area contributed by atoms with Gasteiger partial charge >= 0.3 is 5.97 Å². The van der Waals surface area contributed by atoms with Crippen LogP contribution in [-0.4, -0.2) is 25.0 Å². The maximum atomic E-state index is 11.7. The summed E-state index contributed by atoms with van der Waals surface area (Å²) in [6.45, 7) is 10.2. The fourth-order valence-electron chi connectivity index (χ4n) is 1.94. The molecule has 0 aliphatic carbocycles. The molecule has 0 spiro atoms. The van der Waals surface area contributed by atoms with E-state index in [1.165, 1.54) is 0 Å². The number of ketones is 1. The van der Waals surface area contributed by atoms with Gasteiger partial charge in [0.15, 0.2) is 5.78 Å². The summed E-state index contributed by atoms with van der Waals surface area (Å²) >= 11 is 0. The number of rotatable bonds is 6. The second kappa shape index (κ2) is 7.25. The quantitative estimate of drug-likeness (QED) is 0.597. The normalized spacial score (nSPS) is 11.1. The van der Waals surface area contributed by atoms with Gasteiger partial charge in [-0.05, 0) is 30.9 Å². The lowest BCUT2D eigenvalue weighted by atomic mass is 9.85. The third kappa shape index (κ3) is 5.58. The Morgan fingerprint density at radius 1 is 1.19 bits per heavy atom. The standard InChI is InChI=1S/C17H24O4/c1-6-20-16(19)10-13(18)11-21-15-8-7-12(2)9-14(15)17(3,4)5/h7-9H,6,10-11H2,1-5H3. The van der Waals surface area contributed by atoms with Crippen molar-refractivity contribution in [1.29, 1.82) is 0 Å². The van der Waals surface area contributed by atoms with Crippen LogP contribution in [0.4, 0.5) is 0 Å². The Labute approximate surface area is 126 Å². The van der Waals surface area contributed by atoms with E-state index < -0.39 is 5.97 Å². The van der Waals surface area contributed by atoms with Gasteiger partial charge < -0.3 is 9.47 Å². The van der Waals surface area contributed by atoms with Crippen molar-refractivity contribution in [3.63, 3.8) is 0 Å². The molecule has 0 amide bonds. The molecular weight excluding hydrogens is 268 g/mol. The Bertz CT molecular complexity index is 512. The molecular formula is C17H24O4. The number of aryl methyl sites for hydroxylation is 1. The van der Waals surface area contributed by atoms with E-state index >= 15 is 0 Å². The molecule has 21 heavy (non-hydrogen) atoms. The van der Waals surface area contributed by atoms with Gasteiger partial charge in [-0.25, -0.2) is 0 Å². The number of hydrogen-bond acceptors (Lipinski definition) is 4. The molecule has 1 aromatic carbocycles. The molecule has 1 aromatic rings. The van der Waals surface area contributed by atoms with Crippen molar-refractivity contribution >= 4 is 11.8 Å². The van der Waals surface area contributed by atoms with Gasteiger partial charge in [-0.1, -0.05) is 38.5 Å². The van der Waals surface area contributed by atoms with E-state index in [1.807, 2.05) is 19.1 Å². The minimum Gasteiger partial charge on any atom is -0.486 e. The van der Waals surface area contributed by atoms with Crippen LogP contribution < -0.4 is 4.74 Å². The smallest absolute Gasteiger partial charge is 0.313 e. The topological polar surface area (TPSA) is 52.6 Å². The van der Waals surface area contributed by atoms with E-state index in [9.17, 15) is 9.59 Å². The summed E-state index contributed by atoms with van der Waals surface area (Å²) in [5, 5.41) is 0. The molecule has 0 N–H and O–H groups in total. The lowest BCUT2D eigenvalue weighted by Gasteiger charge is -2.23. The molecule has 1 rings (SSSR count). The van der Waals surface area contributed by atoms with E-state index in [-0.39, 0.29) is 30.8 Å². The maximum Gasteiger partial charge on any atom is 0.313 e. The highest BCUT2D eigenvalue weighted by Gasteiger charge is 2.20. The average Bonchev–Trinajstić information content (AvgIpc) is 2.36. The molecule has 0 radical (unpaired) electrons. The predicted molar refractivity (Wildman–Crippen MR) is 81.6 cm³/mol. The number of carbonyl (C=O) groups excluding carboxylic acids is 2. The van der Waals surface area contributed by atoms with Crippen molar-refractivity contribution in [3.05, 3.63) is 29.3 Å². The molecule has 0 saturated carbocycles. The Kier molecular flexibility index (Phi) is 5.94. The molecule has 0 aliphatic rings. The molecule has 0 fully saturated rings. The van der Waals surface area contributed by atoms with Crippen LogP contribution in [0.15, 0.2) is 18.2 Å². The van der Waals surface area contributed by atoms with E-state index in [2.05, 4.69) is 26.8 Å². The molecule has 0 atom stereocenters. The lowest BCUT2D eigenvalue weighted by molar-refractivity contribution is -0.145. The van der Waals surface area contributed by atoms with Crippen LogP contribution in [0.1, 0.15) is 45.2 Å². The van der Waals surface area contributed by atoms with Crippen molar-refractivity contribution in [2.24, 2.45) is 0 Å². The van der Waals surface area contributed by atoms with Crippen molar-refractivity contribution in [1.82, 2.24) is 0 Å². The fourth-order valence-corrected chi connectivity index (χ4v) is 1.94. The van der Waals surface area contributed by atoms with E-state index in [1.54, 1.807) is 6.92 Å². The largest absolute Gasteiger partial charge is 0.486 e. The molecule has 0 heterocycles. The van der Waals surface area contributed by atoms with Gasteiger partial charge in [0.2, 0.25) is 0 Å². The van der Waals surface area contributed by atoms with Gasteiger partial charge in [-0.3, -0.25) is 9.59 Å². The molecule has 0 unspecified atom stereocenters. The summed E-state index contributed by atoms with van der Waals surface area (Å²) in [6, 6.07) is 5.87. The third-order valence-electron chi connectivity index (χ3n) is 2.98. The number of esters is 1. The van der Waals surface area contributed by atoms with E-state index in [0.29, 0.717) is 5.75 Å². The predicted octanol–water partition coefficient (Wildman–Crippen LogP) is 3.19. The van der Waals surface area contributed by atoms with Crippen molar-refractivity contribution < 1.29 is 19.1 Å². The van der Waals surface area contributed by atoms with E-state index in [4.69, 9.17) is 9.47 Å². The first-order valence-corrected chi connectivity index (χ1v) is 7.15. The number of Topliss-reactive ketones (excluding diaryl/α,β-unsaturated/α-hetero) is 1. The fraction of sp³-hybridized carbons (Fsp3) is 0.529. The van der Waals surface area contributed by atoms with Gasteiger partial charge in [0.05, 0.1) is 6.61 Å². The molecule has 0 aliphatic heterocycles. The summed E-state index contributed by atoms with van der Waals surface area (Å²) in [6.07, 6.45) is -0.245. The van der Waals surface area contributed by atoms with Crippen LogP contribution in [0.2, 0.25) is 0 Å². The Hall–Kier alpha value is -1.84. The summed E-state index contributed by atoms with van der Waals surface area (Å²) in [5.74, 6) is -0.106. The van der Waals surface area contributed by atoms with Crippen molar-refractivity contribution in [3.8, 4) is 5.75 Å². The molecule has 4 heteroatoms.